The monoisotopic (exact) mass is 655 g/mol. The van der Waals surface area contributed by atoms with Gasteiger partial charge in [0, 0.05) is 30.0 Å². The molecular formula is C29H29F4N3O6S2. The minimum Gasteiger partial charge on any atom is -0.493 e. The molecule has 0 bridgehead atoms. The molecule has 0 saturated carbocycles. The van der Waals surface area contributed by atoms with Crippen molar-refractivity contribution in [2.45, 2.75) is 48.2 Å². The maximum Gasteiger partial charge on any atom is 0.419 e. The second-order valence-electron chi connectivity index (χ2n) is 10.6. The normalized spacial score (nSPS) is 17.9. The maximum atomic E-state index is 13.8. The van der Waals surface area contributed by atoms with Crippen molar-refractivity contribution in [3.63, 3.8) is 0 Å². The van der Waals surface area contributed by atoms with Gasteiger partial charge in [-0.2, -0.15) is 17.5 Å². The molecule has 1 unspecified atom stereocenters. The highest BCUT2D eigenvalue weighted by Crippen LogP contribution is 2.38. The number of amides is 1. The van der Waals surface area contributed by atoms with E-state index in [0.29, 0.717) is 17.9 Å². The minimum atomic E-state index is -4.93. The van der Waals surface area contributed by atoms with E-state index in [1.54, 1.807) is 18.2 Å². The number of nitrogens with one attached hydrogen (secondary N) is 1. The summed E-state index contributed by atoms with van der Waals surface area (Å²) in [7, 11) is -3.91. The number of alkyl halides is 3. The first-order valence-electron chi connectivity index (χ1n) is 13.6. The van der Waals surface area contributed by atoms with E-state index in [-0.39, 0.29) is 61.2 Å². The van der Waals surface area contributed by atoms with Crippen molar-refractivity contribution in [3.8, 4) is 16.2 Å². The van der Waals surface area contributed by atoms with Crippen molar-refractivity contribution in [2.24, 2.45) is 4.99 Å². The van der Waals surface area contributed by atoms with Crippen LogP contribution < -0.4 is 10.1 Å². The lowest BCUT2D eigenvalue weighted by atomic mass is 9.89. The SMILES string of the molecule is Cc1cc(OCCC(O)CO)ccc1-c1ccc(S(=O)(=O)N2CCC3(CC2)N=C(c2ccc(F)c(C(F)(F)F)c2)NC3=O)s1. The zero-order valence-electron chi connectivity index (χ0n) is 23.4. The summed E-state index contributed by atoms with van der Waals surface area (Å²) >= 11 is 1.10. The van der Waals surface area contributed by atoms with Gasteiger partial charge in [-0.25, -0.2) is 12.8 Å². The molecule has 2 aliphatic heterocycles. The van der Waals surface area contributed by atoms with E-state index in [0.717, 1.165) is 33.4 Å². The highest BCUT2D eigenvalue weighted by atomic mass is 32.2. The molecule has 3 N–H and O–H groups in total. The van der Waals surface area contributed by atoms with Crippen LogP contribution in [-0.4, -0.2) is 72.6 Å². The number of amidine groups is 1. The van der Waals surface area contributed by atoms with Gasteiger partial charge in [-0.3, -0.25) is 9.79 Å². The summed E-state index contributed by atoms with van der Waals surface area (Å²) in [6, 6.07) is 10.9. The number of aliphatic hydroxyl groups is 2. The zero-order valence-corrected chi connectivity index (χ0v) is 25.0. The Morgan fingerprint density at radius 3 is 2.52 bits per heavy atom. The number of aliphatic imine (C=N–C) groups is 1. The predicted molar refractivity (Wildman–Crippen MR) is 155 cm³/mol. The molecule has 1 spiro atoms. The van der Waals surface area contributed by atoms with E-state index >= 15 is 0 Å². The molecule has 2 aromatic carbocycles. The van der Waals surface area contributed by atoms with Crippen LogP contribution in [0.25, 0.3) is 10.4 Å². The number of aliphatic hydroxyl groups excluding tert-OH is 2. The lowest BCUT2D eigenvalue weighted by Crippen LogP contribution is -2.50. The average Bonchev–Trinajstić information content (AvgIpc) is 3.59. The van der Waals surface area contributed by atoms with E-state index in [2.05, 4.69) is 10.3 Å². The van der Waals surface area contributed by atoms with E-state index < -0.39 is 45.1 Å². The molecule has 5 rings (SSSR count). The fourth-order valence-corrected chi connectivity index (χ4v) is 8.11. The predicted octanol–water partition coefficient (Wildman–Crippen LogP) is 4.10. The lowest BCUT2D eigenvalue weighted by molar-refractivity contribution is -0.140. The zero-order chi connectivity index (χ0) is 31.9. The summed E-state index contributed by atoms with van der Waals surface area (Å²) in [5, 5.41) is 20.9. The van der Waals surface area contributed by atoms with E-state index in [1.807, 2.05) is 13.0 Å². The highest BCUT2D eigenvalue weighted by molar-refractivity contribution is 7.91. The standard InChI is InChI=1S/C29H29F4N3O6S2/c1-17-14-20(42-13-8-19(38)16-37)3-4-21(17)24-6-7-25(43-24)44(40,41)36-11-9-28(10-12-36)27(39)34-26(35-28)18-2-5-23(30)22(15-18)29(31,32)33/h2-7,14-15,19,37-38H,8-13,16H2,1H3,(H,34,35,39). The number of aryl methyl sites for hydroxylation is 1. The third-order valence-corrected chi connectivity index (χ3v) is 11.1. The van der Waals surface area contributed by atoms with Gasteiger partial charge in [-0.05, 0) is 79.4 Å². The molecule has 3 aromatic rings. The van der Waals surface area contributed by atoms with E-state index in [1.165, 1.54) is 10.4 Å². The Morgan fingerprint density at radius 2 is 1.86 bits per heavy atom. The molecule has 44 heavy (non-hydrogen) atoms. The number of carbonyl (C=O) groups is 1. The molecule has 236 valence electrons. The second-order valence-corrected chi connectivity index (χ2v) is 13.9. The molecule has 15 heteroatoms. The number of carbonyl (C=O) groups excluding carboxylic acids is 1. The van der Waals surface area contributed by atoms with Crippen molar-refractivity contribution in [1.29, 1.82) is 0 Å². The van der Waals surface area contributed by atoms with Gasteiger partial charge in [0.15, 0.2) is 0 Å². The van der Waals surface area contributed by atoms with Gasteiger partial charge in [-0.1, -0.05) is 0 Å². The first-order valence-corrected chi connectivity index (χ1v) is 15.9. The number of rotatable bonds is 9. The lowest BCUT2D eigenvalue weighted by Gasteiger charge is -2.34. The quantitative estimate of drug-likeness (QED) is 0.298. The molecule has 1 amide bonds. The number of piperidine rings is 1. The van der Waals surface area contributed by atoms with Crippen LogP contribution in [0.5, 0.6) is 5.75 Å². The van der Waals surface area contributed by atoms with E-state index in [4.69, 9.17) is 9.84 Å². The number of hydrogen-bond donors (Lipinski definition) is 3. The first-order chi connectivity index (χ1) is 20.7. The highest BCUT2D eigenvalue weighted by Gasteiger charge is 2.48. The Hall–Kier alpha value is -3.37. The molecule has 0 radical (unpaired) electrons. The van der Waals surface area contributed by atoms with Crippen molar-refractivity contribution in [2.75, 3.05) is 26.3 Å². The summed E-state index contributed by atoms with van der Waals surface area (Å²) < 4.78 is 87.3. The van der Waals surface area contributed by atoms with Gasteiger partial charge in [0.05, 0.1) is 24.9 Å². The Balaban J connectivity index is 1.27. The number of sulfonamides is 1. The van der Waals surface area contributed by atoms with Crippen LogP contribution in [0, 0.1) is 12.7 Å². The number of benzene rings is 2. The Kier molecular flexibility index (Phi) is 8.88. The van der Waals surface area contributed by atoms with Crippen LogP contribution in [0.2, 0.25) is 0 Å². The Morgan fingerprint density at radius 1 is 1.14 bits per heavy atom. The fourth-order valence-electron chi connectivity index (χ4n) is 5.12. The first kappa shape index (κ1) is 32.0. The third kappa shape index (κ3) is 6.38. The number of nitrogens with zero attached hydrogens (tertiary/aromatic N) is 2. The molecule has 1 saturated heterocycles. The van der Waals surface area contributed by atoms with Crippen molar-refractivity contribution < 1.29 is 45.7 Å². The third-order valence-electron chi connectivity index (χ3n) is 7.64. The van der Waals surface area contributed by atoms with Crippen molar-refractivity contribution in [3.05, 3.63) is 71.0 Å². The molecule has 1 fully saturated rings. The van der Waals surface area contributed by atoms with Gasteiger partial charge < -0.3 is 20.3 Å². The van der Waals surface area contributed by atoms with Crippen LogP contribution in [0.15, 0.2) is 57.7 Å². The van der Waals surface area contributed by atoms with Crippen LogP contribution in [0.1, 0.15) is 36.0 Å². The molecule has 9 nitrogen and oxygen atoms in total. The molecule has 0 aliphatic carbocycles. The summed E-state index contributed by atoms with van der Waals surface area (Å²) in [4.78, 5) is 18.0. The molecule has 2 aliphatic rings. The average molecular weight is 656 g/mol. The second kappa shape index (κ2) is 12.2. The van der Waals surface area contributed by atoms with Gasteiger partial charge >= 0.3 is 6.18 Å². The van der Waals surface area contributed by atoms with Gasteiger partial charge in [0.1, 0.15) is 27.2 Å². The maximum absolute atomic E-state index is 13.8. The number of thiophene rings is 1. The van der Waals surface area contributed by atoms with Gasteiger partial charge in [-0.15, -0.1) is 11.3 Å². The van der Waals surface area contributed by atoms with Gasteiger partial charge in [0.2, 0.25) is 0 Å². The number of hydrogen-bond acceptors (Lipinski definition) is 8. The molecule has 3 heterocycles. The largest absolute Gasteiger partial charge is 0.493 e. The van der Waals surface area contributed by atoms with Crippen molar-refractivity contribution >= 4 is 33.1 Å². The number of ether oxygens (including phenoxy) is 1. The Labute approximate surface area is 254 Å². The fraction of sp³-hybridized carbons (Fsp3) is 0.379. The summed E-state index contributed by atoms with van der Waals surface area (Å²) in [5.74, 6) is -1.53. The summed E-state index contributed by atoms with van der Waals surface area (Å²) in [6.45, 7) is 1.67. The van der Waals surface area contributed by atoms with Gasteiger partial charge in [0.25, 0.3) is 15.9 Å². The summed E-state index contributed by atoms with van der Waals surface area (Å²) in [5.41, 5.74) is -1.25. The van der Waals surface area contributed by atoms with Crippen LogP contribution in [0.4, 0.5) is 17.6 Å². The molecule has 1 atom stereocenters. The van der Waals surface area contributed by atoms with Crippen LogP contribution in [0.3, 0.4) is 0 Å². The molecule has 1 aromatic heterocycles. The number of halogens is 4. The smallest absolute Gasteiger partial charge is 0.419 e. The topological polar surface area (TPSA) is 129 Å². The van der Waals surface area contributed by atoms with E-state index in [9.17, 15) is 35.9 Å². The minimum absolute atomic E-state index is 0.0169. The summed E-state index contributed by atoms with van der Waals surface area (Å²) in [6.07, 6.45) is -5.47. The molecular weight excluding hydrogens is 626 g/mol. The van der Waals surface area contributed by atoms with Crippen LogP contribution >= 0.6 is 11.3 Å². The van der Waals surface area contributed by atoms with Crippen molar-refractivity contribution in [1.82, 2.24) is 9.62 Å². The van der Waals surface area contributed by atoms with Crippen LogP contribution in [-0.2, 0) is 21.0 Å². The Bertz CT molecular complexity index is 1700.